The molecule has 4 heteroatoms. The predicted octanol–water partition coefficient (Wildman–Crippen LogP) is -0.262. The van der Waals surface area contributed by atoms with Gasteiger partial charge in [0.05, 0.1) is 0 Å². The van der Waals surface area contributed by atoms with Gasteiger partial charge in [0.25, 0.3) is 5.91 Å². The Labute approximate surface area is 58.8 Å². The molecule has 0 aliphatic carbocycles. The lowest BCUT2D eigenvalue weighted by molar-refractivity contribution is -0.140. The van der Waals surface area contributed by atoms with Crippen LogP contribution in [-0.2, 0) is 14.3 Å². The van der Waals surface area contributed by atoms with Crippen molar-refractivity contribution in [3.8, 4) is 0 Å². The second-order valence-corrected chi connectivity index (χ2v) is 2.22. The van der Waals surface area contributed by atoms with E-state index in [1.54, 1.807) is 6.92 Å². The Morgan fingerprint density at radius 3 is 2.60 bits per heavy atom. The number of hydrogen-bond acceptors (Lipinski definition) is 3. The van der Waals surface area contributed by atoms with E-state index < -0.39 is 6.10 Å². The summed E-state index contributed by atoms with van der Waals surface area (Å²) >= 11 is 0. The molecule has 0 radical (unpaired) electrons. The highest BCUT2D eigenvalue weighted by Crippen LogP contribution is 2.08. The van der Waals surface area contributed by atoms with Crippen LogP contribution in [0.15, 0.2) is 0 Å². The predicted molar refractivity (Wildman–Crippen MR) is 32.9 cm³/mol. The Morgan fingerprint density at radius 2 is 2.40 bits per heavy atom. The van der Waals surface area contributed by atoms with Crippen LogP contribution in [0.4, 0.5) is 0 Å². The summed E-state index contributed by atoms with van der Waals surface area (Å²) in [5.41, 5.74) is 0. The van der Waals surface area contributed by atoms with E-state index in [4.69, 9.17) is 4.74 Å². The largest absolute Gasteiger partial charge is 0.348 e. The van der Waals surface area contributed by atoms with E-state index in [2.05, 4.69) is 0 Å². The summed E-state index contributed by atoms with van der Waals surface area (Å²) in [7, 11) is 0. The quantitative estimate of drug-likeness (QED) is 0.469. The number of ether oxygens (including phenoxy) is 1. The molecule has 1 aliphatic rings. The zero-order valence-electron chi connectivity index (χ0n) is 5.96. The number of imide groups is 1. The average Bonchev–Trinajstić information content (AvgIpc) is 2.14. The molecule has 1 heterocycles. The Hall–Kier alpha value is -0.900. The van der Waals surface area contributed by atoms with Crippen LogP contribution in [-0.4, -0.2) is 29.5 Å². The molecule has 56 valence electrons. The molecule has 0 N–H and O–H groups in total. The monoisotopic (exact) mass is 143 g/mol. The van der Waals surface area contributed by atoms with Crippen molar-refractivity contribution >= 4 is 11.8 Å². The molecule has 2 amide bonds. The third kappa shape index (κ3) is 1.02. The molecule has 0 aromatic carbocycles. The Kier molecular flexibility index (Phi) is 1.72. The standard InChI is InChI=1S/C6H9NO3/c1-4-6(9)7(3-10-4)5(2)8/h4H,3H2,1-2H3/t4-/m1/s1. The first-order valence-corrected chi connectivity index (χ1v) is 3.06. The van der Waals surface area contributed by atoms with E-state index in [0.717, 1.165) is 4.90 Å². The van der Waals surface area contributed by atoms with Crippen LogP contribution >= 0.6 is 0 Å². The van der Waals surface area contributed by atoms with Crippen molar-refractivity contribution in [1.82, 2.24) is 4.90 Å². The van der Waals surface area contributed by atoms with Gasteiger partial charge in [-0.25, -0.2) is 0 Å². The van der Waals surface area contributed by atoms with Crippen molar-refractivity contribution in [3.63, 3.8) is 0 Å². The third-order valence-electron chi connectivity index (χ3n) is 1.45. The Morgan fingerprint density at radius 1 is 1.80 bits per heavy atom. The molecule has 0 saturated carbocycles. The summed E-state index contributed by atoms with van der Waals surface area (Å²) in [4.78, 5) is 22.6. The van der Waals surface area contributed by atoms with Crippen molar-refractivity contribution in [1.29, 1.82) is 0 Å². The first-order chi connectivity index (χ1) is 4.63. The molecule has 0 unspecified atom stereocenters. The summed E-state index contributed by atoms with van der Waals surface area (Å²) < 4.78 is 4.89. The van der Waals surface area contributed by atoms with E-state index in [9.17, 15) is 9.59 Å². The minimum atomic E-state index is -0.455. The lowest BCUT2D eigenvalue weighted by Crippen LogP contribution is -2.32. The summed E-state index contributed by atoms with van der Waals surface area (Å²) in [6, 6.07) is 0. The topological polar surface area (TPSA) is 46.6 Å². The molecule has 0 spiro atoms. The van der Waals surface area contributed by atoms with Gasteiger partial charge in [-0.1, -0.05) is 0 Å². The smallest absolute Gasteiger partial charge is 0.259 e. The minimum absolute atomic E-state index is 0.106. The maximum absolute atomic E-state index is 10.9. The number of amides is 2. The van der Waals surface area contributed by atoms with E-state index in [1.807, 2.05) is 0 Å². The van der Waals surface area contributed by atoms with Gasteiger partial charge in [-0.15, -0.1) is 0 Å². The van der Waals surface area contributed by atoms with Gasteiger partial charge >= 0.3 is 0 Å². The molecule has 0 bridgehead atoms. The molecule has 1 aliphatic heterocycles. The second-order valence-electron chi connectivity index (χ2n) is 2.22. The lowest BCUT2D eigenvalue weighted by Gasteiger charge is -2.06. The summed E-state index contributed by atoms with van der Waals surface area (Å²) in [5.74, 6) is -0.498. The van der Waals surface area contributed by atoms with Gasteiger partial charge in [0.2, 0.25) is 5.91 Å². The van der Waals surface area contributed by atoms with Gasteiger partial charge in [-0.2, -0.15) is 0 Å². The highest BCUT2D eigenvalue weighted by atomic mass is 16.5. The minimum Gasteiger partial charge on any atom is -0.348 e. The average molecular weight is 143 g/mol. The lowest BCUT2D eigenvalue weighted by atomic mass is 10.4. The van der Waals surface area contributed by atoms with Gasteiger partial charge in [0.15, 0.2) is 0 Å². The van der Waals surface area contributed by atoms with E-state index in [0.29, 0.717) is 0 Å². The van der Waals surface area contributed by atoms with E-state index in [1.165, 1.54) is 6.92 Å². The molecule has 1 saturated heterocycles. The Balaban J connectivity index is 2.66. The third-order valence-corrected chi connectivity index (χ3v) is 1.45. The van der Waals surface area contributed by atoms with Crippen LogP contribution in [0.2, 0.25) is 0 Å². The van der Waals surface area contributed by atoms with Crippen molar-refractivity contribution in [2.75, 3.05) is 6.73 Å². The SMILES string of the molecule is CC(=O)N1CO[C@H](C)C1=O. The van der Waals surface area contributed by atoms with Crippen LogP contribution in [0.25, 0.3) is 0 Å². The molecule has 1 fully saturated rings. The number of carbonyl (C=O) groups excluding carboxylic acids is 2. The normalized spacial score (nSPS) is 25.6. The second kappa shape index (κ2) is 2.38. The number of nitrogens with zero attached hydrogens (tertiary/aromatic N) is 1. The highest BCUT2D eigenvalue weighted by molar-refractivity contribution is 5.97. The first-order valence-electron chi connectivity index (χ1n) is 3.06. The molecule has 0 aromatic heterocycles. The van der Waals surface area contributed by atoms with Gasteiger partial charge in [-0.05, 0) is 6.92 Å². The number of rotatable bonds is 0. The van der Waals surface area contributed by atoms with Crippen molar-refractivity contribution < 1.29 is 14.3 Å². The van der Waals surface area contributed by atoms with Crippen LogP contribution in [0, 0.1) is 0 Å². The fraction of sp³-hybridized carbons (Fsp3) is 0.667. The maximum atomic E-state index is 10.9. The van der Waals surface area contributed by atoms with Gasteiger partial charge in [0.1, 0.15) is 12.8 Å². The van der Waals surface area contributed by atoms with Gasteiger partial charge in [0, 0.05) is 6.92 Å². The van der Waals surface area contributed by atoms with Crippen molar-refractivity contribution in [3.05, 3.63) is 0 Å². The van der Waals surface area contributed by atoms with Crippen LogP contribution in [0.5, 0.6) is 0 Å². The molecule has 1 atom stereocenters. The maximum Gasteiger partial charge on any atom is 0.259 e. The first kappa shape index (κ1) is 7.21. The zero-order chi connectivity index (χ0) is 7.72. The van der Waals surface area contributed by atoms with Gasteiger partial charge < -0.3 is 4.74 Å². The molecular weight excluding hydrogens is 134 g/mol. The summed E-state index contributed by atoms with van der Waals surface area (Å²) in [6.45, 7) is 3.08. The van der Waals surface area contributed by atoms with Crippen LogP contribution in [0.3, 0.4) is 0 Å². The molecule has 0 aromatic rings. The zero-order valence-corrected chi connectivity index (χ0v) is 5.96. The summed E-state index contributed by atoms with van der Waals surface area (Å²) in [6.07, 6.45) is -0.455. The molecular formula is C6H9NO3. The fourth-order valence-corrected chi connectivity index (χ4v) is 0.787. The molecule has 4 nitrogen and oxygen atoms in total. The number of hydrogen-bond donors (Lipinski definition) is 0. The fourth-order valence-electron chi connectivity index (χ4n) is 0.787. The molecule has 10 heavy (non-hydrogen) atoms. The summed E-state index contributed by atoms with van der Waals surface area (Å²) in [5, 5.41) is 0. The molecule has 1 rings (SSSR count). The van der Waals surface area contributed by atoms with Crippen molar-refractivity contribution in [2.45, 2.75) is 20.0 Å². The van der Waals surface area contributed by atoms with Gasteiger partial charge in [-0.3, -0.25) is 14.5 Å². The van der Waals surface area contributed by atoms with Crippen LogP contribution in [0.1, 0.15) is 13.8 Å². The Bertz CT molecular complexity index is 178. The van der Waals surface area contributed by atoms with Crippen molar-refractivity contribution in [2.24, 2.45) is 0 Å². The van der Waals surface area contributed by atoms with E-state index >= 15 is 0 Å². The van der Waals surface area contributed by atoms with Crippen LogP contribution < -0.4 is 0 Å². The number of carbonyl (C=O) groups is 2. The van der Waals surface area contributed by atoms with E-state index in [-0.39, 0.29) is 18.5 Å². The highest BCUT2D eigenvalue weighted by Gasteiger charge is 2.31.